The van der Waals surface area contributed by atoms with E-state index in [0.29, 0.717) is 23.6 Å². The summed E-state index contributed by atoms with van der Waals surface area (Å²) in [6, 6.07) is 17.1. The van der Waals surface area contributed by atoms with Crippen molar-refractivity contribution in [2.45, 2.75) is 44.1 Å². The molecule has 1 aliphatic rings. The van der Waals surface area contributed by atoms with Gasteiger partial charge in [0.1, 0.15) is 5.54 Å². The van der Waals surface area contributed by atoms with Crippen LogP contribution in [0.1, 0.15) is 37.7 Å². The number of carbonyl (C=O) groups is 2. The van der Waals surface area contributed by atoms with Crippen molar-refractivity contribution >= 4 is 23.4 Å². The minimum Gasteiger partial charge on any atom is -0.368 e. The van der Waals surface area contributed by atoms with Crippen molar-refractivity contribution in [2.75, 3.05) is 0 Å². The van der Waals surface area contributed by atoms with E-state index >= 15 is 0 Å². The number of carbonyl (C=O) groups excluding carboxylic acids is 2. The zero-order valence-corrected chi connectivity index (χ0v) is 17.9. The van der Waals surface area contributed by atoms with Crippen molar-refractivity contribution in [3.63, 3.8) is 0 Å². The Morgan fingerprint density at radius 3 is 2.35 bits per heavy atom. The summed E-state index contributed by atoms with van der Waals surface area (Å²) in [5.41, 5.74) is 7.95. The van der Waals surface area contributed by atoms with Gasteiger partial charge < -0.3 is 11.1 Å². The Labute approximate surface area is 186 Å². The number of benzene rings is 2. The van der Waals surface area contributed by atoms with Gasteiger partial charge in [0.05, 0.1) is 17.8 Å². The Balaban J connectivity index is 1.64. The highest BCUT2D eigenvalue weighted by molar-refractivity contribution is 6.30. The molecule has 160 valence electrons. The van der Waals surface area contributed by atoms with E-state index in [-0.39, 0.29) is 12.3 Å². The first-order chi connectivity index (χ1) is 15.0. The molecule has 1 fully saturated rings. The number of nitrogens with zero attached hydrogens (tertiary/aromatic N) is 2. The highest BCUT2D eigenvalue weighted by atomic mass is 35.5. The number of nitrogens with one attached hydrogen (secondary N) is 1. The second-order valence-electron chi connectivity index (χ2n) is 8.02. The SMILES string of the molecule is NC(=O)C1(NC(=O)Cc2cn(-c3ccccc3)nc2-c2ccc(Cl)cc2)CCCCC1. The van der Waals surface area contributed by atoms with Crippen LogP contribution in [0.2, 0.25) is 5.02 Å². The second-order valence-corrected chi connectivity index (χ2v) is 8.46. The number of rotatable bonds is 6. The van der Waals surface area contributed by atoms with Crippen molar-refractivity contribution < 1.29 is 9.59 Å². The highest BCUT2D eigenvalue weighted by Crippen LogP contribution is 2.29. The van der Waals surface area contributed by atoms with Gasteiger partial charge in [0.2, 0.25) is 11.8 Å². The summed E-state index contributed by atoms with van der Waals surface area (Å²) in [6.45, 7) is 0. The molecule has 31 heavy (non-hydrogen) atoms. The first kappa shape index (κ1) is 21.1. The van der Waals surface area contributed by atoms with Gasteiger partial charge in [-0.05, 0) is 37.1 Å². The van der Waals surface area contributed by atoms with Crippen LogP contribution in [0.4, 0.5) is 0 Å². The van der Waals surface area contributed by atoms with Crippen LogP contribution in [0.3, 0.4) is 0 Å². The van der Waals surface area contributed by atoms with E-state index in [1.165, 1.54) is 0 Å². The van der Waals surface area contributed by atoms with Gasteiger partial charge in [-0.25, -0.2) is 4.68 Å². The quantitative estimate of drug-likeness (QED) is 0.611. The van der Waals surface area contributed by atoms with E-state index in [4.69, 9.17) is 22.4 Å². The minimum atomic E-state index is -0.953. The summed E-state index contributed by atoms with van der Waals surface area (Å²) in [5.74, 6) is -0.693. The fourth-order valence-electron chi connectivity index (χ4n) is 4.18. The first-order valence-electron chi connectivity index (χ1n) is 10.5. The van der Waals surface area contributed by atoms with Crippen molar-refractivity contribution in [1.29, 1.82) is 0 Å². The van der Waals surface area contributed by atoms with Crippen LogP contribution in [0.15, 0.2) is 60.8 Å². The van der Waals surface area contributed by atoms with Crippen molar-refractivity contribution in [2.24, 2.45) is 5.73 Å². The van der Waals surface area contributed by atoms with Crippen LogP contribution in [0.25, 0.3) is 16.9 Å². The normalized spacial score (nSPS) is 15.4. The lowest BCUT2D eigenvalue weighted by Gasteiger charge is -2.35. The molecule has 7 heteroatoms. The molecule has 0 bridgehead atoms. The third-order valence-electron chi connectivity index (χ3n) is 5.84. The third kappa shape index (κ3) is 4.64. The summed E-state index contributed by atoms with van der Waals surface area (Å²) in [5, 5.41) is 8.31. The number of halogens is 1. The van der Waals surface area contributed by atoms with E-state index in [2.05, 4.69) is 5.32 Å². The van der Waals surface area contributed by atoms with Crippen LogP contribution in [-0.4, -0.2) is 27.1 Å². The van der Waals surface area contributed by atoms with Gasteiger partial charge >= 0.3 is 0 Å². The molecular formula is C24H25ClN4O2. The van der Waals surface area contributed by atoms with Gasteiger partial charge in [0.25, 0.3) is 0 Å². The maximum Gasteiger partial charge on any atom is 0.243 e. The maximum absolute atomic E-state index is 13.0. The zero-order chi connectivity index (χ0) is 21.8. The number of amides is 2. The fraction of sp³-hybridized carbons (Fsp3) is 0.292. The first-order valence-corrected chi connectivity index (χ1v) is 10.9. The minimum absolute atomic E-state index is 0.0970. The van der Waals surface area contributed by atoms with Crippen molar-refractivity contribution in [3.8, 4) is 16.9 Å². The lowest BCUT2D eigenvalue weighted by Crippen LogP contribution is -2.58. The molecule has 2 aromatic carbocycles. The predicted molar refractivity (Wildman–Crippen MR) is 121 cm³/mol. The van der Waals surface area contributed by atoms with Crippen LogP contribution in [0.5, 0.6) is 0 Å². The Kier molecular flexibility index (Phi) is 6.09. The summed E-state index contributed by atoms with van der Waals surface area (Å²) in [4.78, 5) is 25.1. The van der Waals surface area contributed by atoms with Gasteiger partial charge in [-0.15, -0.1) is 0 Å². The van der Waals surface area contributed by atoms with Gasteiger partial charge in [0.15, 0.2) is 0 Å². The molecular weight excluding hydrogens is 412 g/mol. The summed E-state index contributed by atoms with van der Waals surface area (Å²) in [6.07, 6.45) is 5.94. The van der Waals surface area contributed by atoms with Crippen molar-refractivity contribution in [1.82, 2.24) is 15.1 Å². The molecule has 1 saturated carbocycles. The molecule has 1 aromatic heterocycles. The van der Waals surface area contributed by atoms with Gasteiger partial charge in [0, 0.05) is 22.3 Å². The highest BCUT2D eigenvalue weighted by Gasteiger charge is 2.39. The number of hydrogen-bond donors (Lipinski definition) is 2. The van der Waals surface area contributed by atoms with Crippen LogP contribution >= 0.6 is 11.6 Å². The Hall–Kier alpha value is -3.12. The molecule has 0 atom stereocenters. The molecule has 1 aliphatic carbocycles. The molecule has 0 aliphatic heterocycles. The summed E-state index contributed by atoms with van der Waals surface area (Å²) in [7, 11) is 0. The molecule has 0 radical (unpaired) electrons. The molecule has 6 nitrogen and oxygen atoms in total. The molecule has 0 spiro atoms. The topological polar surface area (TPSA) is 90.0 Å². The number of aromatic nitrogens is 2. The number of nitrogens with two attached hydrogens (primary N) is 1. The van der Waals surface area contributed by atoms with Crippen LogP contribution in [-0.2, 0) is 16.0 Å². The maximum atomic E-state index is 13.0. The van der Waals surface area contributed by atoms with Gasteiger partial charge in [-0.2, -0.15) is 5.10 Å². The van der Waals surface area contributed by atoms with Crippen molar-refractivity contribution in [3.05, 3.63) is 71.4 Å². The number of para-hydroxylation sites is 1. The second kappa shape index (κ2) is 8.94. The van der Waals surface area contributed by atoms with Gasteiger partial charge in [-0.1, -0.05) is 61.2 Å². The van der Waals surface area contributed by atoms with Crippen LogP contribution < -0.4 is 11.1 Å². The Morgan fingerprint density at radius 1 is 1.03 bits per heavy atom. The summed E-state index contributed by atoms with van der Waals surface area (Å²) < 4.78 is 1.76. The van der Waals surface area contributed by atoms with Gasteiger partial charge in [-0.3, -0.25) is 9.59 Å². The fourth-order valence-corrected chi connectivity index (χ4v) is 4.30. The monoisotopic (exact) mass is 436 g/mol. The van der Waals surface area contributed by atoms with E-state index in [1.807, 2.05) is 48.7 Å². The standard InChI is InChI=1S/C24H25ClN4O2/c25-19-11-9-17(10-12-19)22-18(16-29(28-22)20-7-3-1-4-8-20)15-21(30)27-24(23(26)31)13-5-2-6-14-24/h1,3-4,7-12,16H,2,5-6,13-15H2,(H2,26,31)(H,27,30). The average molecular weight is 437 g/mol. The smallest absolute Gasteiger partial charge is 0.243 e. The lowest BCUT2D eigenvalue weighted by molar-refractivity contribution is -0.132. The van der Waals surface area contributed by atoms with E-state index in [0.717, 1.165) is 36.1 Å². The predicted octanol–water partition coefficient (Wildman–Crippen LogP) is 4.04. The van der Waals surface area contributed by atoms with Crippen LogP contribution in [0, 0.1) is 0 Å². The Bertz CT molecular complexity index is 1070. The lowest BCUT2D eigenvalue weighted by atomic mass is 9.81. The molecule has 4 rings (SSSR count). The average Bonchev–Trinajstić information content (AvgIpc) is 3.19. The molecule has 3 N–H and O–H groups in total. The number of hydrogen-bond acceptors (Lipinski definition) is 3. The summed E-state index contributed by atoms with van der Waals surface area (Å²) >= 11 is 6.04. The Morgan fingerprint density at radius 2 is 1.71 bits per heavy atom. The van der Waals surface area contributed by atoms with E-state index < -0.39 is 11.4 Å². The molecule has 0 saturated heterocycles. The zero-order valence-electron chi connectivity index (χ0n) is 17.2. The largest absolute Gasteiger partial charge is 0.368 e. The molecule has 1 heterocycles. The van der Waals surface area contributed by atoms with E-state index in [1.54, 1.807) is 16.8 Å². The van der Waals surface area contributed by atoms with E-state index in [9.17, 15) is 9.59 Å². The molecule has 0 unspecified atom stereocenters. The molecule has 3 aromatic rings. The number of primary amides is 1. The molecule has 2 amide bonds. The third-order valence-corrected chi connectivity index (χ3v) is 6.09.